The lowest BCUT2D eigenvalue weighted by molar-refractivity contribution is -0.137. The molecule has 0 spiro atoms. The molecular formula is C19H17F3N4O2S. The first kappa shape index (κ1) is 19.4. The quantitative estimate of drug-likeness (QED) is 0.630. The van der Waals surface area contributed by atoms with Gasteiger partial charge in [-0.3, -0.25) is 0 Å². The third-order valence-corrected chi connectivity index (χ3v) is 6.52. The Morgan fingerprint density at radius 3 is 2.24 bits per heavy atom. The van der Waals surface area contributed by atoms with Crippen LogP contribution in [0.5, 0.6) is 0 Å². The van der Waals surface area contributed by atoms with E-state index in [4.69, 9.17) is 0 Å². The molecule has 2 heterocycles. The van der Waals surface area contributed by atoms with Gasteiger partial charge in [-0.1, -0.05) is 18.2 Å². The first-order valence-electron chi connectivity index (χ1n) is 8.86. The molecule has 3 aromatic rings. The number of anilines is 2. The zero-order chi connectivity index (χ0) is 20.8. The van der Waals surface area contributed by atoms with Crippen LogP contribution in [0.1, 0.15) is 12.0 Å². The average Bonchev–Trinajstić information content (AvgIpc) is 2.85. The number of nitrogens with zero attached hydrogens (tertiary/aromatic N) is 4. The Kier molecular flexibility index (Phi) is 4.60. The predicted octanol–water partition coefficient (Wildman–Crippen LogP) is 3.68. The molecule has 0 amide bonds. The number of fused-ring (bicyclic) bond motifs is 2. The average molecular weight is 422 g/mol. The second kappa shape index (κ2) is 6.87. The molecule has 2 aromatic carbocycles. The topological polar surface area (TPSA) is 66.4 Å². The molecule has 0 saturated carbocycles. The highest BCUT2D eigenvalue weighted by Crippen LogP contribution is 2.35. The lowest BCUT2D eigenvalue weighted by Gasteiger charge is -2.24. The van der Waals surface area contributed by atoms with Crippen LogP contribution >= 0.6 is 0 Å². The fraction of sp³-hybridized carbons (Fsp3) is 0.263. The Labute approximate surface area is 165 Å². The van der Waals surface area contributed by atoms with Gasteiger partial charge in [0.1, 0.15) is 0 Å². The van der Waals surface area contributed by atoms with Gasteiger partial charge in [0.05, 0.1) is 21.5 Å². The van der Waals surface area contributed by atoms with Crippen LogP contribution in [0.2, 0.25) is 0 Å². The van der Waals surface area contributed by atoms with E-state index in [9.17, 15) is 21.6 Å². The van der Waals surface area contributed by atoms with Gasteiger partial charge in [0.25, 0.3) is 10.0 Å². The number of benzene rings is 2. The smallest absolute Gasteiger partial charge is 0.356 e. The Balaban J connectivity index is 1.89. The van der Waals surface area contributed by atoms with Crippen molar-refractivity contribution >= 4 is 32.7 Å². The number of hydrogen-bond acceptors (Lipinski definition) is 5. The van der Waals surface area contributed by atoms with Crippen LogP contribution < -0.4 is 9.21 Å². The highest BCUT2D eigenvalue weighted by atomic mass is 32.2. The summed E-state index contributed by atoms with van der Waals surface area (Å²) in [6.45, 7) is 0.623. The number of sulfonamides is 1. The van der Waals surface area contributed by atoms with Gasteiger partial charge >= 0.3 is 6.18 Å². The molecule has 10 heteroatoms. The van der Waals surface area contributed by atoms with Gasteiger partial charge in [0.2, 0.25) is 0 Å². The number of para-hydroxylation sites is 2. The fourth-order valence-electron chi connectivity index (χ4n) is 3.26. The van der Waals surface area contributed by atoms with Crippen molar-refractivity contribution in [2.24, 2.45) is 0 Å². The van der Waals surface area contributed by atoms with Crippen molar-refractivity contribution in [3.8, 4) is 0 Å². The lowest BCUT2D eigenvalue weighted by Crippen LogP contribution is -2.32. The van der Waals surface area contributed by atoms with Crippen LogP contribution in [0, 0.1) is 0 Å². The number of alkyl halides is 3. The molecule has 0 unspecified atom stereocenters. The minimum atomic E-state index is -4.64. The Morgan fingerprint density at radius 1 is 0.931 bits per heavy atom. The van der Waals surface area contributed by atoms with E-state index >= 15 is 0 Å². The molecule has 1 aliphatic rings. The van der Waals surface area contributed by atoms with E-state index in [1.165, 1.54) is 0 Å². The van der Waals surface area contributed by atoms with Crippen LogP contribution in [-0.2, 0) is 16.2 Å². The van der Waals surface area contributed by atoms with E-state index < -0.39 is 26.7 Å². The van der Waals surface area contributed by atoms with Crippen LogP contribution in [0.25, 0.3) is 11.0 Å². The first-order valence-corrected chi connectivity index (χ1v) is 10.3. The van der Waals surface area contributed by atoms with Crippen LogP contribution in [0.15, 0.2) is 53.4 Å². The molecule has 1 aliphatic heterocycles. The first-order chi connectivity index (χ1) is 13.7. The van der Waals surface area contributed by atoms with E-state index in [0.29, 0.717) is 35.9 Å². The Hall–Kier alpha value is -2.88. The van der Waals surface area contributed by atoms with E-state index in [-0.39, 0.29) is 12.4 Å². The largest absolute Gasteiger partial charge is 0.416 e. The maximum Gasteiger partial charge on any atom is 0.416 e. The summed E-state index contributed by atoms with van der Waals surface area (Å²) < 4.78 is 66.9. The van der Waals surface area contributed by atoms with Gasteiger partial charge in [-0.2, -0.15) is 13.2 Å². The monoisotopic (exact) mass is 422 g/mol. The van der Waals surface area contributed by atoms with Gasteiger partial charge in [0.15, 0.2) is 11.6 Å². The summed E-state index contributed by atoms with van der Waals surface area (Å²) >= 11 is 0. The lowest BCUT2D eigenvalue weighted by atomic mass is 10.2. The summed E-state index contributed by atoms with van der Waals surface area (Å²) in [5, 5.41) is 0. The highest BCUT2D eigenvalue weighted by Gasteiger charge is 2.35. The molecule has 152 valence electrons. The summed E-state index contributed by atoms with van der Waals surface area (Å²) in [6.07, 6.45) is -4.17. The van der Waals surface area contributed by atoms with Gasteiger partial charge < -0.3 is 4.90 Å². The summed E-state index contributed by atoms with van der Waals surface area (Å²) in [5.74, 6) is 0.484. The van der Waals surface area contributed by atoms with Gasteiger partial charge in [-0.05, 0) is 36.8 Å². The Morgan fingerprint density at radius 2 is 1.59 bits per heavy atom. The molecule has 0 bridgehead atoms. The molecule has 0 fully saturated rings. The van der Waals surface area contributed by atoms with Crippen molar-refractivity contribution in [3.63, 3.8) is 0 Å². The molecule has 0 N–H and O–H groups in total. The summed E-state index contributed by atoms with van der Waals surface area (Å²) in [4.78, 5) is 10.4. The maximum atomic E-state index is 13.3. The fourth-order valence-corrected chi connectivity index (χ4v) is 4.76. The molecule has 1 aromatic heterocycles. The van der Waals surface area contributed by atoms with Crippen LogP contribution in [0.3, 0.4) is 0 Å². The number of rotatable bonds is 2. The highest BCUT2D eigenvalue weighted by molar-refractivity contribution is 7.92. The van der Waals surface area contributed by atoms with Crippen molar-refractivity contribution in [2.75, 3.05) is 29.3 Å². The maximum absolute atomic E-state index is 13.3. The molecule has 0 saturated heterocycles. The molecule has 6 nitrogen and oxygen atoms in total. The second-order valence-corrected chi connectivity index (χ2v) is 8.60. The number of aromatic nitrogens is 2. The zero-order valence-electron chi connectivity index (χ0n) is 15.4. The van der Waals surface area contributed by atoms with E-state index in [2.05, 4.69) is 9.97 Å². The third-order valence-electron chi connectivity index (χ3n) is 4.74. The Bertz CT molecular complexity index is 1180. The molecule has 0 atom stereocenters. The van der Waals surface area contributed by atoms with E-state index in [0.717, 1.165) is 22.5 Å². The SMILES string of the molecule is CN1CCCN(S(=O)(=O)c2cccc(C(F)(F)F)c2)c2nc3ccccc3nc21. The van der Waals surface area contributed by atoms with Crippen molar-refractivity contribution in [1.29, 1.82) is 0 Å². The molecule has 29 heavy (non-hydrogen) atoms. The second-order valence-electron chi connectivity index (χ2n) is 6.74. The molecule has 4 rings (SSSR count). The summed E-state index contributed by atoms with van der Waals surface area (Å²) in [6, 6.07) is 10.8. The number of halogens is 3. The standard InChI is InChI=1S/C19H17F3N4O2S/c1-25-10-5-11-26(18-17(25)23-15-8-2-3-9-16(15)24-18)29(27,28)14-7-4-6-13(12-14)19(20,21)22/h2-4,6-9,12H,5,10-11H2,1H3. The zero-order valence-corrected chi connectivity index (χ0v) is 16.2. The van der Waals surface area contributed by atoms with Gasteiger partial charge in [0, 0.05) is 20.1 Å². The van der Waals surface area contributed by atoms with Gasteiger partial charge in [-0.25, -0.2) is 22.7 Å². The predicted molar refractivity (Wildman–Crippen MR) is 103 cm³/mol. The molecular weight excluding hydrogens is 405 g/mol. The van der Waals surface area contributed by atoms with Crippen molar-refractivity contribution in [2.45, 2.75) is 17.5 Å². The van der Waals surface area contributed by atoms with Crippen molar-refractivity contribution < 1.29 is 21.6 Å². The third kappa shape index (κ3) is 3.48. The van der Waals surface area contributed by atoms with Crippen molar-refractivity contribution in [3.05, 3.63) is 54.1 Å². The van der Waals surface area contributed by atoms with Crippen molar-refractivity contribution in [1.82, 2.24) is 9.97 Å². The normalized spacial score (nSPS) is 15.3. The molecule has 0 radical (unpaired) electrons. The summed E-state index contributed by atoms with van der Waals surface area (Å²) in [5.41, 5.74) is 0.0949. The minimum absolute atomic E-state index is 0.0862. The van der Waals surface area contributed by atoms with Crippen LogP contribution in [-0.4, -0.2) is 38.5 Å². The van der Waals surface area contributed by atoms with E-state index in [1.54, 1.807) is 36.2 Å². The van der Waals surface area contributed by atoms with E-state index in [1.807, 2.05) is 0 Å². The molecule has 0 aliphatic carbocycles. The minimum Gasteiger partial charge on any atom is -0.356 e. The van der Waals surface area contributed by atoms with Gasteiger partial charge in [-0.15, -0.1) is 0 Å². The summed E-state index contributed by atoms with van der Waals surface area (Å²) in [7, 11) is -2.49. The number of hydrogen-bond donors (Lipinski definition) is 0. The van der Waals surface area contributed by atoms with Crippen LogP contribution in [0.4, 0.5) is 24.8 Å².